The van der Waals surface area contributed by atoms with Crippen molar-refractivity contribution in [2.75, 3.05) is 26.1 Å². The topological polar surface area (TPSA) is 143 Å². The van der Waals surface area contributed by atoms with Crippen LogP contribution in [0.5, 0.6) is 11.5 Å². The Morgan fingerprint density at radius 1 is 1.03 bits per heavy atom. The summed E-state index contributed by atoms with van der Waals surface area (Å²) in [7, 11) is 0.817. The van der Waals surface area contributed by atoms with Gasteiger partial charge < -0.3 is 10.1 Å². The van der Waals surface area contributed by atoms with Crippen LogP contribution >= 0.6 is 8.25 Å². The number of anilines is 1. The molecule has 11 nitrogen and oxygen atoms in total. The Bertz CT molecular complexity index is 982. The average Bonchev–Trinajstić information content (AvgIpc) is 2.73. The predicted octanol–water partition coefficient (Wildman–Crippen LogP) is 5.68. The molecule has 0 aromatic heterocycles. The molecular formula is C17H18F3N3O8P+. The van der Waals surface area contributed by atoms with Gasteiger partial charge >= 0.3 is 14.4 Å². The van der Waals surface area contributed by atoms with Gasteiger partial charge in [-0.1, -0.05) is 0 Å². The first-order valence-corrected chi connectivity index (χ1v) is 9.65. The number of ether oxygens (including phenoxy) is 1. The zero-order valence-electron chi connectivity index (χ0n) is 16.9. The third-order valence-corrected chi connectivity index (χ3v) is 4.13. The van der Waals surface area contributed by atoms with Crippen molar-refractivity contribution < 1.29 is 41.4 Å². The van der Waals surface area contributed by atoms with Gasteiger partial charge in [0.25, 0.3) is 11.4 Å². The van der Waals surface area contributed by atoms with Crippen molar-refractivity contribution in [3.8, 4) is 11.5 Å². The van der Waals surface area contributed by atoms with E-state index in [0.717, 1.165) is 24.3 Å². The molecule has 0 spiro atoms. The summed E-state index contributed by atoms with van der Waals surface area (Å²) in [6.07, 6.45) is -4.88. The highest BCUT2D eigenvalue weighted by molar-refractivity contribution is 7.33. The Morgan fingerprint density at radius 3 is 2.09 bits per heavy atom. The third-order valence-electron chi connectivity index (χ3n) is 3.54. The van der Waals surface area contributed by atoms with Crippen molar-refractivity contribution in [1.82, 2.24) is 0 Å². The second kappa shape index (κ2) is 11.9. The van der Waals surface area contributed by atoms with E-state index >= 15 is 0 Å². The molecule has 15 heteroatoms. The summed E-state index contributed by atoms with van der Waals surface area (Å²) in [4.78, 5) is 20.1. The van der Waals surface area contributed by atoms with Gasteiger partial charge in [-0.05, 0) is 19.1 Å². The highest BCUT2D eigenvalue weighted by Crippen LogP contribution is 2.41. The smallest absolute Gasteiger partial charge is 0.457 e. The molecule has 2 aromatic rings. The first-order valence-electron chi connectivity index (χ1n) is 8.55. The van der Waals surface area contributed by atoms with Crippen molar-refractivity contribution in [2.24, 2.45) is 0 Å². The van der Waals surface area contributed by atoms with Gasteiger partial charge in [0, 0.05) is 35.4 Å². The molecule has 0 amide bonds. The van der Waals surface area contributed by atoms with E-state index in [9.17, 15) is 38.0 Å². The molecule has 0 radical (unpaired) electrons. The Morgan fingerprint density at radius 2 is 1.66 bits per heavy atom. The molecule has 32 heavy (non-hydrogen) atoms. The molecule has 0 atom stereocenters. The fraction of sp³-hybridized carbons (Fsp3) is 0.294. The van der Waals surface area contributed by atoms with Crippen LogP contribution in [0.25, 0.3) is 0 Å². The number of nitrogens with zero attached hydrogens (tertiary/aromatic N) is 2. The van der Waals surface area contributed by atoms with Crippen LogP contribution in [0.15, 0.2) is 36.4 Å². The number of nitrogens with one attached hydrogen (secondary N) is 1. The zero-order chi connectivity index (χ0) is 24.5. The van der Waals surface area contributed by atoms with Crippen molar-refractivity contribution in [2.45, 2.75) is 13.1 Å². The van der Waals surface area contributed by atoms with Crippen LogP contribution < -0.4 is 10.1 Å². The van der Waals surface area contributed by atoms with Gasteiger partial charge in [0.15, 0.2) is 0 Å². The third kappa shape index (κ3) is 7.72. The van der Waals surface area contributed by atoms with Crippen LogP contribution in [0.3, 0.4) is 0 Å². The maximum absolute atomic E-state index is 13.2. The molecule has 0 heterocycles. The normalized spacial score (nSPS) is 10.6. The Kier molecular flexibility index (Phi) is 9.91. The molecule has 0 saturated heterocycles. The molecule has 0 aliphatic carbocycles. The first kappa shape index (κ1) is 26.7. The SMILES string of the molecule is CCNc1cc(Oc2ccc([N+](=O)[O-])cc2C(F)(F)F)ccc1[N+](=O)[O-].CO[P+](=O)OC. The standard InChI is InChI=1S/C15H12F3N3O5.C2H6O3P/c1-2-19-12-8-10(4-5-13(12)21(24)25)26-14-6-3-9(20(22)23)7-11(14)15(16,17)18;1-4-6(3)5-2/h3-8,19H,2H2,1H3;1-2H3/q;+1. The highest BCUT2D eigenvalue weighted by Gasteiger charge is 2.36. The Hall–Kier alpha value is -3.35. The van der Waals surface area contributed by atoms with E-state index in [0.29, 0.717) is 12.6 Å². The zero-order valence-corrected chi connectivity index (χ0v) is 17.8. The molecule has 0 saturated carbocycles. The summed E-state index contributed by atoms with van der Waals surface area (Å²) < 4.78 is 62.9. The van der Waals surface area contributed by atoms with Gasteiger partial charge in [0.2, 0.25) is 0 Å². The van der Waals surface area contributed by atoms with Crippen LogP contribution in [0.4, 0.5) is 30.2 Å². The molecule has 0 aliphatic rings. The monoisotopic (exact) mass is 480 g/mol. The van der Waals surface area contributed by atoms with Crippen molar-refractivity contribution >= 4 is 25.3 Å². The lowest BCUT2D eigenvalue weighted by Gasteiger charge is -2.14. The number of hydrogen-bond donors (Lipinski definition) is 1. The minimum atomic E-state index is -4.88. The fourth-order valence-corrected chi connectivity index (χ4v) is 2.36. The van der Waals surface area contributed by atoms with Gasteiger partial charge in [-0.3, -0.25) is 20.2 Å². The van der Waals surface area contributed by atoms with E-state index in [2.05, 4.69) is 14.4 Å². The number of benzene rings is 2. The first-order chi connectivity index (χ1) is 14.9. The van der Waals surface area contributed by atoms with Crippen LogP contribution in [0.1, 0.15) is 12.5 Å². The second-order valence-electron chi connectivity index (χ2n) is 5.59. The number of halogens is 3. The number of hydrogen-bond acceptors (Lipinski definition) is 9. The lowest BCUT2D eigenvalue weighted by molar-refractivity contribution is -0.385. The van der Waals surface area contributed by atoms with E-state index in [1.807, 2.05) is 0 Å². The average molecular weight is 480 g/mol. The molecule has 2 aromatic carbocycles. The maximum Gasteiger partial charge on any atom is 0.696 e. The second-order valence-corrected chi connectivity index (χ2v) is 6.77. The molecule has 0 fully saturated rings. The lowest BCUT2D eigenvalue weighted by atomic mass is 10.1. The summed E-state index contributed by atoms with van der Waals surface area (Å²) in [6.45, 7) is 2.03. The van der Waals surface area contributed by atoms with Crippen molar-refractivity contribution in [3.63, 3.8) is 0 Å². The van der Waals surface area contributed by atoms with Crippen LogP contribution in [-0.2, 0) is 19.8 Å². The minimum Gasteiger partial charge on any atom is -0.457 e. The van der Waals surface area contributed by atoms with Gasteiger partial charge in [0.1, 0.15) is 22.7 Å². The number of non-ortho nitro benzene ring substituents is 1. The molecule has 174 valence electrons. The van der Waals surface area contributed by atoms with Crippen LogP contribution in [0.2, 0.25) is 0 Å². The van der Waals surface area contributed by atoms with Gasteiger partial charge in [-0.15, -0.1) is 9.05 Å². The molecular weight excluding hydrogens is 462 g/mol. The minimum absolute atomic E-state index is 0.0745. The number of rotatable bonds is 8. The van der Waals surface area contributed by atoms with Gasteiger partial charge in [-0.2, -0.15) is 13.2 Å². The van der Waals surface area contributed by atoms with Crippen LogP contribution in [0, 0.1) is 20.2 Å². The van der Waals surface area contributed by atoms with E-state index in [-0.39, 0.29) is 17.1 Å². The molecule has 2 rings (SSSR count). The van der Waals surface area contributed by atoms with E-state index in [4.69, 9.17) is 4.74 Å². The number of alkyl halides is 3. The lowest BCUT2D eigenvalue weighted by Crippen LogP contribution is -2.08. The van der Waals surface area contributed by atoms with Gasteiger partial charge in [-0.25, -0.2) is 0 Å². The summed E-state index contributed by atoms with van der Waals surface area (Å²) in [5, 5.41) is 24.4. The summed E-state index contributed by atoms with van der Waals surface area (Å²) in [6, 6.07) is 5.48. The summed E-state index contributed by atoms with van der Waals surface area (Å²) in [5.41, 5.74) is -2.25. The largest absolute Gasteiger partial charge is 0.696 e. The molecule has 0 bridgehead atoms. The Balaban J connectivity index is 0.000000751. The van der Waals surface area contributed by atoms with Gasteiger partial charge in [0.05, 0.1) is 24.1 Å². The number of nitro benzene ring substituents is 2. The highest BCUT2D eigenvalue weighted by atomic mass is 31.1. The van der Waals surface area contributed by atoms with E-state index in [1.54, 1.807) is 6.92 Å². The predicted molar refractivity (Wildman–Crippen MR) is 107 cm³/mol. The quantitative estimate of drug-likeness (QED) is 0.287. The van der Waals surface area contributed by atoms with Crippen LogP contribution in [-0.4, -0.2) is 30.6 Å². The van der Waals surface area contributed by atoms with E-state index < -0.39 is 41.3 Å². The van der Waals surface area contributed by atoms with E-state index in [1.165, 1.54) is 20.3 Å². The summed E-state index contributed by atoms with van der Waals surface area (Å²) >= 11 is 0. The van der Waals surface area contributed by atoms with Crippen molar-refractivity contribution in [3.05, 3.63) is 62.2 Å². The summed E-state index contributed by atoms with van der Waals surface area (Å²) in [5.74, 6) is -0.745. The maximum atomic E-state index is 13.2. The molecule has 0 unspecified atom stereocenters. The Labute approximate surface area is 180 Å². The van der Waals surface area contributed by atoms with Crippen molar-refractivity contribution in [1.29, 1.82) is 0 Å². The molecule has 1 N–H and O–H groups in total. The fourth-order valence-electron chi connectivity index (χ4n) is 2.21. The molecule has 0 aliphatic heterocycles. The number of nitro groups is 2.